The van der Waals surface area contributed by atoms with E-state index < -0.39 is 0 Å². The first kappa shape index (κ1) is 15.6. The van der Waals surface area contributed by atoms with Gasteiger partial charge >= 0.3 is 5.97 Å². The van der Waals surface area contributed by atoms with Crippen molar-refractivity contribution in [2.75, 3.05) is 14.2 Å². The Labute approximate surface area is 115 Å². The molecule has 1 unspecified atom stereocenters. The largest absolute Gasteiger partial charge is 0.465 e. The first-order chi connectivity index (χ1) is 8.75. The molecule has 0 aliphatic heterocycles. The molecular weight excluding hydrogens is 240 g/mol. The fourth-order valence-corrected chi connectivity index (χ4v) is 1.81. The SMILES string of the molecule is COC(=O)c1ccc(CN(C)C(C)C(C)(C)C)nc1. The number of methoxy groups -OCH3 is 1. The lowest BCUT2D eigenvalue weighted by Gasteiger charge is -2.35. The molecule has 4 heteroatoms. The Morgan fingerprint density at radius 1 is 1.42 bits per heavy atom. The summed E-state index contributed by atoms with van der Waals surface area (Å²) in [4.78, 5) is 17.9. The Balaban J connectivity index is 2.70. The highest BCUT2D eigenvalue weighted by molar-refractivity contribution is 5.88. The number of carbonyl (C=O) groups excluding carboxylic acids is 1. The van der Waals surface area contributed by atoms with Gasteiger partial charge in [-0.1, -0.05) is 20.8 Å². The molecule has 4 nitrogen and oxygen atoms in total. The lowest BCUT2D eigenvalue weighted by molar-refractivity contribution is 0.0600. The van der Waals surface area contributed by atoms with E-state index in [2.05, 4.69) is 49.4 Å². The van der Waals surface area contributed by atoms with Crippen LogP contribution in [0.4, 0.5) is 0 Å². The van der Waals surface area contributed by atoms with Gasteiger partial charge in [0.15, 0.2) is 0 Å². The molecule has 0 aliphatic carbocycles. The summed E-state index contributed by atoms with van der Waals surface area (Å²) in [5.41, 5.74) is 1.66. The molecule has 1 aromatic heterocycles. The maximum Gasteiger partial charge on any atom is 0.339 e. The molecule has 0 fully saturated rings. The summed E-state index contributed by atoms with van der Waals surface area (Å²) in [6, 6.07) is 4.07. The molecule has 0 radical (unpaired) electrons. The van der Waals surface area contributed by atoms with Crippen molar-refractivity contribution < 1.29 is 9.53 Å². The van der Waals surface area contributed by atoms with Crippen LogP contribution in [0.2, 0.25) is 0 Å². The van der Waals surface area contributed by atoms with Crippen LogP contribution in [0.5, 0.6) is 0 Å². The van der Waals surface area contributed by atoms with Crippen LogP contribution in [-0.4, -0.2) is 36.1 Å². The second-order valence-corrected chi connectivity index (χ2v) is 5.99. The third kappa shape index (κ3) is 4.31. The highest BCUT2D eigenvalue weighted by Crippen LogP contribution is 2.23. The van der Waals surface area contributed by atoms with E-state index in [1.165, 1.54) is 7.11 Å². The average Bonchev–Trinajstić information content (AvgIpc) is 2.36. The van der Waals surface area contributed by atoms with Crippen molar-refractivity contribution in [3.8, 4) is 0 Å². The van der Waals surface area contributed by atoms with E-state index in [-0.39, 0.29) is 11.4 Å². The number of hydrogen-bond donors (Lipinski definition) is 0. The zero-order chi connectivity index (χ0) is 14.6. The summed E-state index contributed by atoms with van der Waals surface area (Å²) in [5.74, 6) is -0.351. The number of aromatic nitrogens is 1. The number of rotatable bonds is 4. The minimum atomic E-state index is -0.351. The zero-order valence-corrected chi connectivity index (χ0v) is 12.7. The molecule has 1 heterocycles. The van der Waals surface area contributed by atoms with Crippen molar-refractivity contribution in [1.82, 2.24) is 9.88 Å². The molecule has 0 amide bonds. The Hall–Kier alpha value is -1.42. The molecule has 106 valence electrons. The molecule has 0 spiro atoms. The quantitative estimate of drug-likeness (QED) is 0.784. The van der Waals surface area contributed by atoms with Gasteiger partial charge in [0.1, 0.15) is 0 Å². The minimum Gasteiger partial charge on any atom is -0.465 e. The van der Waals surface area contributed by atoms with E-state index in [1.807, 2.05) is 6.07 Å². The molecule has 1 atom stereocenters. The van der Waals surface area contributed by atoms with Crippen molar-refractivity contribution in [2.24, 2.45) is 5.41 Å². The fourth-order valence-electron chi connectivity index (χ4n) is 1.81. The van der Waals surface area contributed by atoms with Gasteiger partial charge in [0.25, 0.3) is 0 Å². The number of ether oxygens (including phenoxy) is 1. The Kier molecular flexibility index (Phi) is 5.06. The third-order valence-electron chi connectivity index (χ3n) is 3.57. The minimum absolute atomic E-state index is 0.223. The van der Waals surface area contributed by atoms with E-state index >= 15 is 0 Å². The molecular formula is C15H24N2O2. The molecule has 0 aliphatic rings. The Morgan fingerprint density at radius 3 is 2.47 bits per heavy atom. The normalized spacial score (nSPS) is 13.4. The number of hydrogen-bond acceptors (Lipinski definition) is 4. The Morgan fingerprint density at radius 2 is 2.05 bits per heavy atom. The van der Waals surface area contributed by atoms with Crippen LogP contribution in [0.25, 0.3) is 0 Å². The summed E-state index contributed by atoms with van der Waals surface area (Å²) in [5, 5.41) is 0. The monoisotopic (exact) mass is 264 g/mol. The summed E-state index contributed by atoms with van der Waals surface area (Å²) in [6.45, 7) is 9.65. The molecule has 0 saturated heterocycles. The van der Waals surface area contributed by atoms with Gasteiger partial charge in [-0.15, -0.1) is 0 Å². The van der Waals surface area contributed by atoms with Crippen LogP contribution in [0.1, 0.15) is 43.7 Å². The van der Waals surface area contributed by atoms with Gasteiger partial charge in [-0.2, -0.15) is 0 Å². The van der Waals surface area contributed by atoms with Gasteiger partial charge < -0.3 is 4.74 Å². The molecule has 0 saturated carbocycles. The maximum atomic E-state index is 11.3. The van der Waals surface area contributed by atoms with Crippen LogP contribution in [0.15, 0.2) is 18.3 Å². The van der Waals surface area contributed by atoms with Gasteiger partial charge in [-0.3, -0.25) is 9.88 Å². The predicted octanol–water partition coefficient (Wildman–Crippen LogP) is 2.73. The number of carbonyl (C=O) groups is 1. The van der Waals surface area contributed by atoms with E-state index in [4.69, 9.17) is 0 Å². The average molecular weight is 264 g/mol. The van der Waals surface area contributed by atoms with Crippen LogP contribution >= 0.6 is 0 Å². The molecule has 0 N–H and O–H groups in total. The maximum absolute atomic E-state index is 11.3. The van der Waals surface area contributed by atoms with Gasteiger partial charge in [0, 0.05) is 18.8 Å². The van der Waals surface area contributed by atoms with Crippen molar-refractivity contribution >= 4 is 5.97 Å². The molecule has 1 rings (SSSR count). The summed E-state index contributed by atoms with van der Waals surface area (Å²) in [6.07, 6.45) is 1.57. The summed E-state index contributed by atoms with van der Waals surface area (Å²) >= 11 is 0. The second-order valence-electron chi connectivity index (χ2n) is 5.99. The lowest BCUT2D eigenvalue weighted by Crippen LogP contribution is -2.38. The first-order valence-electron chi connectivity index (χ1n) is 6.49. The van der Waals surface area contributed by atoms with Crippen LogP contribution in [0.3, 0.4) is 0 Å². The third-order valence-corrected chi connectivity index (χ3v) is 3.57. The predicted molar refractivity (Wildman–Crippen MR) is 76.0 cm³/mol. The van der Waals surface area contributed by atoms with Crippen LogP contribution in [-0.2, 0) is 11.3 Å². The summed E-state index contributed by atoms with van der Waals surface area (Å²) < 4.78 is 4.65. The fraction of sp³-hybridized carbons (Fsp3) is 0.600. The van der Waals surface area contributed by atoms with Crippen molar-refractivity contribution in [3.05, 3.63) is 29.6 Å². The van der Waals surface area contributed by atoms with E-state index in [9.17, 15) is 4.79 Å². The Bertz CT molecular complexity index is 421. The highest BCUT2D eigenvalue weighted by atomic mass is 16.5. The first-order valence-corrected chi connectivity index (χ1v) is 6.49. The number of esters is 1. The number of pyridine rings is 1. The van der Waals surface area contributed by atoms with Gasteiger partial charge in [0.2, 0.25) is 0 Å². The van der Waals surface area contributed by atoms with Gasteiger partial charge in [0.05, 0.1) is 18.4 Å². The van der Waals surface area contributed by atoms with Gasteiger partial charge in [-0.05, 0) is 31.5 Å². The second kappa shape index (κ2) is 6.15. The smallest absolute Gasteiger partial charge is 0.339 e. The van der Waals surface area contributed by atoms with E-state index in [0.717, 1.165) is 12.2 Å². The van der Waals surface area contributed by atoms with Crippen molar-refractivity contribution in [3.63, 3.8) is 0 Å². The van der Waals surface area contributed by atoms with Gasteiger partial charge in [-0.25, -0.2) is 4.79 Å². The zero-order valence-electron chi connectivity index (χ0n) is 12.7. The highest BCUT2D eigenvalue weighted by Gasteiger charge is 2.23. The number of nitrogens with zero attached hydrogens (tertiary/aromatic N) is 2. The van der Waals surface area contributed by atoms with Crippen molar-refractivity contribution in [2.45, 2.75) is 40.3 Å². The van der Waals surface area contributed by atoms with Crippen molar-refractivity contribution in [1.29, 1.82) is 0 Å². The summed E-state index contributed by atoms with van der Waals surface area (Å²) in [7, 11) is 3.46. The topological polar surface area (TPSA) is 42.4 Å². The van der Waals surface area contributed by atoms with Crippen LogP contribution < -0.4 is 0 Å². The molecule has 19 heavy (non-hydrogen) atoms. The van der Waals surface area contributed by atoms with Crippen LogP contribution in [0, 0.1) is 5.41 Å². The molecule has 1 aromatic rings. The standard InChI is InChI=1S/C15H24N2O2/c1-11(15(2,3)4)17(5)10-13-8-7-12(9-16-13)14(18)19-6/h7-9,11H,10H2,1-6H3. The van der Waals surface area contributed by atoms with E-state index in [1.54, 1.807) is 12.3 Å². The van der Waals surface area contributed by atoms with E-state index in [0.29, 0.717) is 11.6 Å². The molecule has 0 aromatic carbocycles. The lowest BCUT2D eigenvalue weighted by atomic mass is 9.87. The molecule has 0 bridgehead atoms.